The van der Waals surface area contributed by atoms with E-state index in [0.29, 0.717) is 16.5 Å². The second-order valence-electron chi connectivity index (χ2n) is 6.61. The van der Waals surface area contributed by atoms with Crippen molar-refractivity contribution in [2.45, 2.75) is 19.4 Å². The van der Waals surface area contributed by atoms with Gasteiger partial charge in [0.05, 0.1) is 16.4 Å². The molecule has 0 bridgehead atoms. The third-order valence-electron chi connectivity index (χ3n) is 4.50. The van der Waals surface area contributed by atoms with Crippen molar-refractivity contribution >= 4 is 27.9 Å². The highest BCUT2D eigenvalue weighted by atomic mass is 16.5. The molecule has 0 atom stereocenters. The molecule has 0 radical (unpaired) electrons. The lowest BCUT2D eigenvalue weighted by atomic mass is 9.97. The number of rotatable bonds is 0. The average molecular weight is 323 g/mol. The molecule has 2 N–H and O–H groups in total. The van der Waals surface area contributed by atoms with Crippen LogP contribution in [0.4, 0.5) is 0 Å². The van der Waals surface area contributed by atoms with Crippen LogP contribution in [-0.2, 0) is 7.05 Å². The summed E-state index contributed by atoms with van der Waals surface area (Å²) < 4.78 is 7.68. The lowest BCUT2D eigenvalue weighted by Crippen LogP contribution is -2.28. The summed E-state index contributed by atoms with van der Waals surface area (Å²) in [5.74, 6) is -0.652. The summed E-state index contributed by atoms with van der Waals surface area (Å²) in [5.41, 5.74) is 0.953. The Kier molecular flexibility index (Phi) is 2.77. The van der Waals surface area contributed by atoms with Crippen molar-refractivity contribution in [2.75, 3.05) is 0 Å². The topological polar surface area (TPSA) is 71.7 Å². The van der Waals surface area contributed by atoms with Crippen LogP contribution >= 0.6 is 0 Å². The quantitative estimate of drug-likeness (QED) is 0.492. The molecule has 5 nitrogen and oxygen atoms in total. The molecular formula is C19H17NO4. The highest BCUT2D eigenvalue weighted by Crippen LogP contribution is 2.48. The summed E-state index contributed by atoms with van der Waals surface area (Å²) in [5, 5.41) is 21.5. The Morgan fingerprint density at radius 2 is 1.83 bits per heavy atom. The number of pyridine rings is 1. The van der Waals surface area contributed by atoms with Gasteiger partial charge in [0.1, 0.15) is 5.60 Å². The van der Waals surface area contributed by atoms with E-state index in [4.69, 9.17) is 4.74 Å². The standard InChI is InChI=1S/C19H17NO4/c1-19(2)9-8-11-14-13(16(22)17(23)18(11)24-19)15(21)10-6-4-5-7-12(10)20(14)3/h4-9,22-23H,1-3H3. The Labute approximate surface area is 138 Å². The third-order valence-corrected chi connectivity index (χ3v) is 4.50. The van der Waals surface area contributed by atoms with Crippen LogP contribution < -0.4 is 10.2 Å². The second-order valence-corrected chi connectivity index (χ2v) is 6.61. The summed E-state index contributed by atoms with van der Waals surface area (Å²) in [6, 6.07) is 7.19. The van der Waals surface area contributed by atoms with E-state index in [0.717, 1.165) is 5.52 Å². The van der Waals surface area contributed by atoms with Gasteiger partial charge in [-0.2, -0.15) is 0 Å². The maximum Gasteiger partial charge on any atom is 0.202 e. The zero-order chi connectivity index (χ0) is 17.2. The van der Waals surface area contributed by atoms with Crippen LogP contribution in [0.3, 0.4) is 0 Å². The molecule has 0 saturated heterocycles. The van der Waals surface area contributed by atoms with Gasteiger partial charge in [-0.15, -0.1) is 0 Å². The number of phenols is 2. The Morgan fingerprint density at radius 3 is 2.58 bits per heavy atom. The second kappa shape index (κ2) is 4.54. The minimum Gasteiger partial charge on any atom is -0.504 e. The maximum absolute atomic E-state index is 12.9. The molecule has 3 aromatic rings. The minimum atomic E-state index is -0.611. The molecule has 1 aliphatic heterocycles. The van der Waals surface area contributed by atoms with Gasteiger partial charge in [-0.25, -0.2) is 0 Å². The van der Waals surface area contributed by atoms with Crippen molar-refractivity contribution in [1.82, 2.24) is 4.57 Å². The predicted molar refractivity (Wildman–Crippen MR) is 93.8 cm³/mol. The van der Waals surface area contributed by atoms with Crippen molar-refractivity contribution < 1.29 is 14.9 Å². The molecule has 5 heteroatoms. The number of ether oxygens (including phenoxy) is 1. The zero-order valence-electron chi connectivity index (χ0n) is 13.6. The Morgan fingerprint density at radius 1 is 1.12 bits per heavy atom. The molecule has 1 aromatic heterocycles. The lowest BCUT2D eigenvalue weighted by Gasteiger charge is -2.29. The first-order chi connectivity index (χ1) is 11.3. The highest BCUT2D eigenvalue weighted by Gasteiger charge is 2.30. The van der Waals surface area contributed by atoms with Gasteiger partial charge in [-0.3, -0.25) is 4.79 Å². The van der Waals surface area contributed by atoms with E-state index in [9.17, 15) is 15.0 Å². The van der Waals surface area contributed by atoms with Gasteiger partial charge in [0.2, 0.25) is 11.2 Å². The number of fused-ring (bicyclic) bond motifs is 4. The monoisotopic (exact) mass is 323 g/mol. The largest absolute Gasteiger partial charge is 0.504 e. The molecule has 0 unspecified atom stereocenters. The van der Waals surface area contributed by atoms with E-state index in [2.05, 4.69) is 0 Å². The van der Waals surface area contributed by atoms with Gasteiger partial charge in [0.25, 0.3) is 0 Å². The van der Waals surface area contributed by atoms with Crippen LogP contribution in [0.5, 0.6) is 17.2 Å². The number of phenolic OH excluding ortho intramolecular Hbond substituents is 2. The minimum absolute atomic E-state index is 0.0976. The van der Waals surface area contributed by atoms with Gasteiger partial charge in [0, 0.05) is 18.0 Å². The van der Waals surface area contributed by atoms with Gasteiger partial charge >= 0.3 is 0 Å². The Hall–Kier alpha value is -2.95. The number of nitrogens with zero attached hydrogens (tertiary/aromatic N) is 1. The molecule has 0 amide bonds. The molecule has 24 heavy (non-hydrogen) atoms. The van der Waals surface area contributed by atoms with Crippen molar-refractivity contribution in [3.05, 3.63) is 46.1 Å². The maximum atomic E-state index is 12.9. The zero-order valence-corrected chi connectivity index (χ0v) is 13.6. The van der Waals surface area contributed by atoms with Gasteiger partial charge in [0.15, 0.2) is 11.5 Å². The van der Waals surface area contributed by atoms with Crippen LogP contribution in [0.1, 0.15) is 19.4 Å². The van der Waals surface area contributed by atoms with Gasteiger partial charge < -0.3 is 19.5 Å². The van der Waals surface area contributed by atoms with Gasteiger partial charge in [-0.1, -0.05) is 12.1 Å². The molecular weight excluding hydrogens is 306 g/mol. The molecule has 0 saturated carbocycles. The molecule has 2 heterocycles. The number of aryl methyl sites for hydroxylation is 1. The first-order valence-corrected chi connectivity index (χ1v) is 7.69. The van der Waals surface area contributed by atoms with E-state index in [1.54, 1.807) is 12.1 Å². The smallest absolute Gasteiger partial charge is 0.202 e. The normalized spacial score (nSPS) is 15.5. The number of hydrogen-bond acceptors (Lipinski definition) is 4. The average Bonchev–Trinajstić information content (AvgIpc) is 2.55. The first-order valence-electron chi connectivity index (χ1n) is 7.69. The fraction of sp³-hybridized carbons (Fsp3) is 0.211. The van der Waals surface area contributed by atoms with E-state index >= 15 is 0 Å². The fourth-order valence-corrected chi connectivity index (χ4v) is 3.32. The summed E-state index contributed by atoms with van der Waals surface area (Å²) >= 11 is 0. The third kappa shape index (κ3) is 1.78. The number of hydrogen-bond donors (Lipinski definition) is 2. The highest BCUT2D eigenvalue weighted by molar-refractivity contribution is 6.03. The summed E-state index contributed by atoms with van der Waals surface area (Å²) in [6.07, 6.45) is 3.69. The number of aromatic hydroxyl groups is 2. The summed E-state index contributed by atoms with van der Waals surface area (Å²) in [7, 11) is 1.83. The SMILES string of the molecule is Cn1c2ccccc2c(=O)c2c(O)c(O)c3c(c21)C=CC(C)(C)O3. The Bertz CT molecular complexity index is 1110. The van der Waals surface area contributed by atoms with Crippen molar-refractivity contribution in [3.8, 4) is 17.2 Å². The molecule has 0 spiro atoms. The molecule has 122 valence electrons. The van der Waals surface area contributed by atoms with Crippen LogP contribution in [0.15, 0.2) is 35.1 Å². The van der Waals surface area contributed by atoms with E-state index < -0.39 is 17.1 Å². The van der Waals surface area contributed by atoms with Crippen LogP contribution in [0, 0.1) is 0 Å². The van der Waals surface area contributed by atoms with Crippen LogP contribution in [-0.4, -0.2) is 20.4 Å². The van der Waals surface area contributed by atoms with Crippen LogP contribution in [0.25, 0.3) is 27.9 Å². The van der Waals surface area contributed by atoms with E-state index in [1.165, 1.54) is 0 Å². The number of para-hydroxylation sites is 1. The molecule has 4 rings (SSSR count). The molecule has 0 aliphatic carbocycles. The van der Waals surface area contributed by atoms with E-state index in [-0.39, 0.29) is 16.6 Å². The van der Waals surface area contributed by atoms with E-state index in [1.807, 2.05) is 49.7 Å². The molecule has 2 aromatic carbocycles. The molecule has 1 aliphatic rings. The fourth-order valence-electron chi connectivity index (χ4n) is 3.32. The summed E-state index contributed by atoms with van der Waals surface area (Å²) in [6.45, 7) is 3.71. The predicted octanol–water partition coefficient (Wildman–Crippen LogP) is 3.29. The number of aromatic nitrogens is 1. The first kappa shape index (κ1) is 14.6. The lowest BCUT2D eigenvalue weighted by molar-refractivity contribution is 0.152. The molecule has 0 fully saturated rings. The van der Waals surface area contributed by atoms with Crippen LogP contribution in [0.2, 0.25) is 0 Å². The van der Waals surface area contributed by atoms with Crippen molar-refractivity contribution in [3.63, 3.8) is 0 Å². The summed E-state index contributed by atoms with van der Waals surface area (Å²) in [4.78, 5) is 12.9. The Balaban J connectivity index is 2.31. The van der Waals surface area contributed by atoms with Gasteiger partial charge in [-0.05, 0) is 38.1 Å². The van der Waals surface area contributed by atoms with Crippen molar-refractivity contribution in [2.24, 2.45) is 7.05 Å². The van der Waals surface area contributed by atoms with Crippen molar-refractivity contribution in [1.29, 1.82) is 0 Å². The number of benzene rings is 2.